The van der Waals surface area contributed by atoms with Crippen LogP contribution >= 0.6 is 0 Å². The first-order chi connectivity index (χ1) is 9.22. The van der Waals surface area contributed by atoms with Crippen LogP contribution in [0, 0.1) is 18.3 Å². The number of carbonyl (C=O) groups excluding carboxylic acids is 1. The number of benzene rings is 1. The van der Waals surface area contributed by atoms with Crippen molar-refractivity contribution in [3.8, 4) is 6.07 Å². The summed E-state index contributed by atoms with van der Waals surface area (Å²) < 4.78 is 4.98. The largest absolute Gasteiger partial charge is 0.351 e. The third kappa shape index (κ3) is 2.99. The van der Waals surface area contributed by atoms with Gasteiger partial charge in [0.2, 0.25) is 5.76 Å². The minimum Gasteiger partial charge on any atom is -0.351 e. The van der Waals surface area contributed by atoms with Gasteiger partial charge in [0, 0.05) is 18.3 Å². The van der Waals surface area contributed by atoms with Crippen molar-refractivity contribution in [3.05, 3.63) is 47.9 Å². The molecule has 0 spiro atoms. The quantitative estimate of drug-likeness (QED) is 0.841. The second-order valence-corrected chi connectivity index (χ2v) is 4.03. The molecule has 1 aromatic carbocycles. The first-order valence-electron chi connectivity index (χ1n) is 5.89. The van der Waals surface area contributed by atoms with Crippen LogP contribution in [0.25, 0.3) is 0 Å². The SMILES string of the molecule is Cc1cc(C(=O)N(CCC#N)c2ccccc2)on1. The van der Waals surface area contributed by atoms with Crippen LogP contribution in [0.2, 0.25) is 0 Å². The first kappa shape index (κ1) is 12.8. The number of anilines is 1. The molecule has 2 aromatic rings. The van der Waals surface area contributed by atoms with E-state index in [4.69, 9.17) is 9.78 Å². The molecule has 0 atom stereocenters. The normalized spacial score (nSPS) is 9.89. The van der Waals surface area contributed by atoms with E-state index in [1.54, 1.807) is 13.0 Å². The van der Waals surface area contributed by atoms with Crippen molar-refractivity contribution < 1.29 is 9.32 Å². The third-order valence-corrected chi connectivity index (χ3v) is 2.60. The molecule has 0 unspecified atom stereocenters. The van der Waals surface area contributed by atoms with E-state index in [2.05, 4.69) is 5.16 Å². The van der Waals surface area contributed by atoms with Crippen molar-refractivity contribution in [1.82, 2.24) is 5.16 Å². The van der Waals surface area contributed by atoms with Gasteiger partial charge in [-0.2, -0.15) is 5.26 Å². The molecule has 5 heteroatoms. The Morgan fingerprint density at radius 2 is 2.16 bits per heavy atom. The molecule has 0 bridgehead atoms. The average molecular weight is 255 g/mol. The lowest BCUT2D eigenvalue weighted by Crippen LogP contribution is -2.31. The number of hydrogen-bond acceptors (Lipinski definition) is 4. The summed E-state index contributed by atoms with van der Waals surface area (Å²) in [6.07, 6.45) is 0.258. The number of hydrogen-bond donors (Lipinski definition) is 0. The Labute approximate surface area is 111 Å². The lowest BCUT2D eigenvalue weighted by molar-refractivity contribution is 0.0952. The van der Waals surface area contributed by atoms with Gasteiger partial charge in [0.1, 0.15) is 0 Å². The van der Waals surface area contributed by atoms with E-state index in [1.165, 1.54) is 4.90 Å². The summed E-state index contributed by atoms with van der Waals surface area (Å²) >= 11 is 0. The smallest absolute Gasteiger partial charge is 0.296 e. The topological polar surface area (TPSA) is 70.1 Å². The number of nitriles is 1. The van der Waals surface area contributed by atoms with E-state index in [9.17, 15) is 4.79 Å². The highest BCUT2D eigenvalue weighted by atomic mass is 16.5. The molecule has 0 aliphatic heterocycles. The molecule has 0 aliphatic carbocycles. The summed E-state index contributed by atoms with van der Waals surface area (Å²) in [4.78, 5) is 13.9. The van der Waals surface area contributed by atoms with Gasteiger partial charge in [-0.1, -0.05) is 23.4 Å². The van der Waals surface area contributed by atoms with Crippen LogP contribution < -0.4 is 4.90 Å². The zero-order valence-electron chi connectivity index (χ0n) is 10.5. The van der Waals surface area contributed by atoms with Gasteiger partial charge >= 0.3 is 0 Å². The molecule has 2 rings (SSSR count). The Morgan fingerprint density at radius 1 is 1.42 bits per heavy atom. The monoisotopic (exact) mass is 255 g/mol. The van der Waals surface area contributed by atoms with Crippen molar-refractivity contribution in [1.29, 1.82) is 5.26 Å². The molecule has 19 heavy (non-hydrogen) atoms. The van der Waals surface area contributed by atoms with Crippen molar-refractivity contribution >= 4 is 11.6 Å². The molecule has 0 aliphatic rings. The van der Waals surface area contributed by atoms with E-state index in [0.717, 1.165) is 5.69 Å². The second-order valence-electron chi connectivity index (χ2n) is 4.03. The maximum Gasteiger partial charge on any atom is 0.296 e. The summed E-state index contributed by atoms with van der Waals surface area (Å²) in [7, 11) is 0. The highest BCUT2D eigenvalue weighted by Crippen LogP contribution is 2.17. The van der Waals surface area contributed by atoms with Crippen molar-refractivity contribution in [2.45, 2.75) is 13.3 Å². The van der Waals surface area contributed by atoms with Gasteiger partial charge in [0.25, 0.3) is 5.91 Å². The van der Waals surface area contributed by atoms with Gasteiger partial charge < -0.3 is 9.42 Å². The summed E-state index contributed by atoms with van der Waals surface area (Å²) in [6, 6.07) is 12.8. The fourth-order valence-electron chi connectivity index (χ4n) is 1.72. The van der Waals surface area contributed by atoms with Crippen LogP contribution in [-0.2, 0) is 0 Å². The highest BCUT2D eigenvalue weighted by Gasteiger charge is 2.21. The van der Waals surface area contributed by atoms with Gasteiger partial charge in [-0.3, -0.25) is 4.79 Å². The standard InChI is InChI=1S/C14H13N3O2/c1-11-10-13(19-16-11)14(18)17(9-5-8-15)12-6-3-2-4-7-12/h2-4,6-7,10H,5,9H2,1H3. The van der Waals surface area contributed by atoms with Gasteiger partial charge in [-0.25, -0.2) is 0 Å². The zero-order chi connectivity index (χ0) is 13.7. The van der Waals surface area contributed by atoms with Crippen LogP contribution in [0.5, 0.6) is 0 Å². The molecule has 96 valence electrons. The predicted octanol–water partition coefficient (Wildman–Crippen LogP) is 2.54. The van der Waals surface area contributed by atoms with E-state index in [0.29, 0.717) is 12.2 Å². The maximum absolute atomic E-state index is 12.3. The van der Waals surface area contributed by atoms with Crippen molar-refractivity contribution in [2.24, 2.45) is 0 Å². The van der Waals surface area contributed by atoms with Crippen LogP contribution in [0.3, 0.4) is 0 Å². The number of amides is 1. The number of para-hydroxylation sites is 1. The van der Waals surface area contributed by atoms with E-state index < -0.39 is 0 Å². The van der Waals surface area contributed by atoms with Crippen molar-refractivity contribution in [2.75, 3.05) is 11.4 Å². The molecular formula is C14H13N3O2. The Kier molecular flexibility index (Phi) is 3.94. The molecule has 0 radical (unpaired) electrons. The molecule has 1 amide bonds. The molecular weight excluding hydrogens is 242 g/mol. The number of carbonyl (C=O) groups is 1. The Morgan fingerprint density at radius 3 is 2.74 bits per heavy atom. The van der Waals surface area contributed by atoms with Crippen molar-refractivity contribution in [3.63, 3.8) is 0 Å². The number of aromatic nitrogens is 1. The predicted molar refractivity (Wildman–Crippen MR) is 69.6 cm³/mol. The van der Waals surface area contributed by atoms with Gasteiger partial charge in [0.05, 0.1) is 18.2 Å². The first-order valence-corrected chi connectivity index (χ1v) is 5.89. The van der Waals surface area contributed by atoms with Crippen LogP contribution in [-0.4, -0.2) is 17.6 Å². The van der Waals surface area contributed by atoms with Crippen LogP contribution in [0.15, 0.2) is 40.9 Å². The Bertz CT molecular complexity index is 599. The highest BCUT2D eigenvalue weighted by molar-refractivity contribution is 6.04. The summed E-state index contributed by atoms with van der Waals surface area (Å²) in [5, 5.41) is 12.4. The minimum absolute atomic E-state index is 0.180. The summed E-state index contributed by atoms with van der Waals surface area (Å²) in [5.41, 5.74) is 1.38. The Balaban J connectivity index is 2.28. The number of nitrogens with zero attached hydrogens (tertiary/aromatic N) is 3. The van der Waals surface area contributed by atoms with Gasteiger partial charge in [0.15, 0.2) is 0 Å². The molecule has 0 N–H and O–H groups in total. The third-order valence-electron chi connectivity index (χ3n) is 2.60. The fourth-order valence-corrected chi connectivity index (χ4v) is 1.72. The molecule has 0 saturated heterocycles. The molecule has 5 nitrogen and oxygen atoms in total. The number of rotatable bonds is 4. The summed E-state index contributed by atoms with van der Waals surface area (Å²) in [6.45, 7) is 2.07. The molecule has 0 saturated carbocycles. The van der Waals surface area contributed by atoms with E-state index in [1.807, 2.05) is 36.4 Å². The van der Waals surface area contributed by atoms with Gasteiger partial charge in [-0.05, 0) is 19.1 Å². The van der Waals surface area contributed by atoms with Gasteiger partial charge in [-0.15, -0.1) is 0 Å². The average Bonchev–Trinajstić information content (AvgIpc) is 2.87. The van der Waals surface area contributed by atoms with E-state index in [-0.39, 0.29) is 18.1 Å². The van der Waals surface area contributed by atoms with E-state index >= 15 is 0 Å². The lowest BCUT2D eigenvalue weighted by atomic mass is 10.2. The lowest BCUT2D eigenvalue weighted by Gasteiger charge is -2.20. The molecule has 0 fully saturated rings. The fraction of sp³-hybridized carbons (Fsp3) is 0.214. The molecule has 1 heterocycles. The zero-order valence-corrected chi connectivity index (χ0v) is 10.5. The maximum atomic E-state index is 12.3. The second kappa shape index (κ2) is 5.83. The van der Waals surface area contributed by atoms with Crippen LogP contribution in [0.4, 0.5) is 5.69 Å². The molecule has 1 aromatic heterocycles. The number of aryl methyl sites for hydroxylation is 1. The van der Waals surface area contributed by atoms with Crippen LogP contribution in [0.1, 0.15) is 22.7 Å². The summed E-state index contributed by atoms with van der Waals surface area (Å²) in [5.74, 6) is -0.110. The Hall–Kier alpha value is -2.61. The minimum atomic E-state index is -0.290.